The number of benzene rings is 2. The van der Waals surface area contributed by atoms with Crippen LogP contribution in [0.5, 0.6) is 5.75 Å². The van der Waals surface area contributed by atoms with Crippen LogP contribution in [-0.4, -0.2) is 29.3 Å². The Morgan fingerprint density at radius 1 is 1.33 bits per heavy atom. The summed E-state index contributed by atoms with van der Waals surface area (Å²) in [7, 11) is 0. The van der Waals surface area contributed by atoms with Gasteiger partial charge in [-0.15, -0.1) is 0 Å². The predicted molar refractivity (Wildman–Crippen MR) is 107 cm³/mol. The van der Waals surface area contributed by atoms with Gasteiger partial charge in [0.25, 0.3) is 5.91 Å². The zero-order chi connectivity index (χ0) is 19.6. The number of carbonyl (C=O) groups excluding carboxylic acids is 1. The number of carboxylic acids is 1. The van der Waals surface area contributed by atoms with E-state index in [4.69, 9.17) is 21.4 Å². The van der Waals surface area contributed by atoms with Gasteiger partial charge in [0.05, 0.1) is 22.0 Å². The number of rotatable bonds is 5. The maximum absolute atomic E-state index is 12.9. The van der Waals surface area contributed by atoms with Crippen LogP contribution in [0.15, 0.2) is 57.6 Å². The number of para-hydroxylation sites is 1. The van der Waals surface area contributed by atoms with Crippen molar-refractivity contribution in [3.63, 3.8) is 0 Å². The summed E-state index contributed by atoms with van der Waals surface area (Å²) in [6.45, 7) is 1.24. The van der Waals surface area contributed by atoms with E-state index in [2.05, 4.69) is 21.0 Å². The highest BCUT2D eigenvalue weighted by atomic mass is 79.9. The van der Waals surface area contributed by atoms with E-state index in [1.807, 2.05) is 0 Å². The molecule has 0 radical (unpaired) electrons. The minimum atomic E-state index is -1.09. The van der Waals surface area contributed by atoms with Crippen molar-refractivity contribution < 1.29 is 19.4 Å². The first-order valence-corrected chi connectivity index (χ1v) is 9.04. The summed E-state index contributed by atoms with van der Waals surface area (Å²) in [5.41, 5.74) is 1.94. The molecule has 138 valence electrons. The number of nitrogens with zero attached hydrogens (tertiary/aromatic N) is 2. The van der Waals surface area contributed by atoms with Crippen molar-refractivity contribution in [2.45, 2.75) is 6.92 Å². The zero-order valence-electron chi connectivity index (χ0n) is 14.1. The lowest BCUT2D eigenvalue weighted by molar-refractivity contribution is -0.139. The molecular formula is C19H14BrClN2O4. The molecule has 2 aromatic carbocycles. The molecule has 1 aliphatic rings. The molecule has 0 fully saturated rings. The van der Waals surface area contributed by atoms with Gasteiger partial charge in [-0.05, 0) is 43.3 Å². The van der Waals surface area contributed by atoms with Crippen molar-refractivity contribution in [1.29, 1.82) is 0 Å². The van der Waals surface area contributed by atoms with Crippen molar-refractivity contribution >= 4 is 56.9 Å². The van der Waals surface area contributed by atoms with E-state index in [0.717, 1.165) is 4.47 Å². The number of ether oxygens (including phenoxy) is 1. The van der Waals surface area contributed by atoms with Crippen LogP contribution in [0.1, 0.15) is 12.5 Å². The number of hydrazone groups is 1. The van der Waals surface area contributed by atoms with Crippen LogP contribution in [-0.2, 0) is 9.59 Å². The van der Waals surface area contributed by atoms with Gasteiger partial charge in [-0.1, -0.05) is 39.7 Å². The van der Waals surface area contributed by atoms with E-state index in [1.165, 1.54) is 5.01 Å². The Morgan fingerprint density at radius 2 is 2.07 bits per heavy atom. The number of aliphatic carboxylic acids is 1. The molecule has 3 rings (SSSR count). The fourth-order valence-corrected chi connectivity index (χ4v) is 3.12. The minimum Gasteiger partial charge on any atom is -0.481 e. The highest BCUT2D eigenvalue weighted by Gasteiger charge is 2.30. The summed E-state index contributed by atoms with van der Waals surface area (Å²) >= 11 is 9.55. The Kier molecular flexibility index (Phi) is 5.62. The Hall–Kier alpha value is -2.64. The van der Waals surface area contributed by atoms with Crippen molar-refractivity contribution in [2.24, 2.45) is 5.10 Å². The fourth-order valence-electron chi connectivity index (χ4n) is 2.53. The smallest absolute Gasteiger partial charge is 0.341 e. The SMILES string of the molecule is CC1=NN(c2ccccc2Cl)C(=O)/C1=C\c1cc(Br)ccc1OCC(=O)O. The lowest BCUT2D eigenvalue weighted by atomic mass is 10.1. The molecule has 0 saturated carbocycles. The fraction of sp³-hybridized carbons (Fsp3) is 0.105. The van der Waals surface area contributed by atoms with Gasteiger partial charge in [0, 0.05) is 10.0 Å². The van der Waals surface area contributed by atoms with Gasteiger partial charge in [-0.25, -0.2) is 4.79 Å². The number of carbonyl (C=O) groups is 2. The molecule has 27 heavy (non-hydrogen) atoms. The third-order valence-electron chi connectivity index (χ3n) is 3.77. The molecule has 1 aliphatic heterocycles. The van der Waals surface area contributed by atoms with Crippen LogP contribution in [0, 0.1) is 0 Å². The van der Waals surface area contributed by atoms with Gasteiger partial charge in [0.15, 0.2) is 6.61 Å². The molecule has 1 N–H and O–H groups in total. The monoisotopic (exact) mass is 448 g/mol. The predicted octanol–water partition coefficient (Wildman–Crippen LogP) is 4.37. The largest absolute Gasteiger partial charge is 0.481 e. The standard InChI is InChI=1S/C19H14BrClN2O4/c1-11-14(19(26)23(22-11)16-5-3-2-4-15(16)21)9-12-8-13(20)6-7-17(12)27-10-18(24)25/h2-9H,10H2,1H3,(H,24,25)/b14-9-. The van der Waals surface area contributed by atoms with E-state index in [0.29, 0.717) is 33.3 Å². The van der Waals surface area contributed by atoms with Gasteiger partial charge in [-0.3, -0.25) is 4.79 Å². The number of hydrogen-bond acceptors (Lipinski definition) is 4. The minimum absolute atomic E-state index is 0.329. The first-order valence-electron chi connectivity index (χ1n) is 7.87. The summed E-state index contributed by atoms with van der Waals surface area (Å²) in [6, 6.07) is 12.0. The molecule has 0 aliphatic carbocycles. The molecule has 1 amide bonds. The molecule has 2 aromatic rings. The maximum Gasteiger partial charge on any atom is 0.341 e. The molecule has 0 saturated heterocycles. The number of hydrogen-bond donors (Lipinski definition) is 1. The second kappa shape index (κ2) is 7.94. The molecular weight excluding hydrogens is 436 g/mol. The van der Waals surface area contributed by atoms with E-state index in [-0.39, 0.29) is 5.91 Å². The van der Waals surface area contributed by atoms with Gasteiger partial charge in [0.2, 0.25) is 0 Å². The molecule has 1 heterocycles. The Balaban J connectivity index is 1.97. The Labute approximate surface area is 168 Å². The van der Waals surface area contributed by atoms with Gasteiger partial charge in [-0.2, -0.15) is 10.1 Å². The highest BCUT2D eigenvalue weighted by Crippen LogP contribution is 2.32. The van der Waals surface area contributed by atoms with Crippen molar-refractivity contribution in [1.82, 2.24) is 0 Å². The van der Waals surface area contributed by atoms with E-state index in [1.54, 1.807) is 55.5 Å². The van der Waals surface area contributed by atoms with E-state index in [9.17, 15) is 9.59 Å². The van der Waals surface area contributed by atoms with Crippen LogP contribution in [0.2, 0.25) is 5.02 Å². The van der Waals surface area contributed by atoms with Gasteiger partial charge >= 0.3 is 5.97 Å². The van der Waals surface area contributed by atoms with Gasteiger partial charge < -0.3 is 9.84 Å². The van der Waals surface area contributed by atoms with Crippen LogP contribution >= 0.6 is 27.5 Å². The first-order chi connectivity index (χ1) is 12.9. The molecule has 0 bridgehead atoms. The summed E-state index contributed by atoms with van der Waals surface area (Å²) in [5, 5.41) is 14.8. The number of anilines is 1. The molecule has 0 spiro atoms. The number of amides is 1. The lowest BCUT2D eigenvalue weighted by Crippen LogP contribution is -2.21. The van der Waals surface area contributed by atoms with Crippen LogP contribution in [0.3, 0.4) is 0 Å². The van der Waals surface area contributed by atoms with Crippen LogP contribution in [0.25, 0.3) is 6.08 Å². The average Bonchev–Trinajstić information content (AvgIpc) is 2.89. The molecule has 8 heteroatoms. The zero-order valence-corrected chi connectivity index (χ0v) is 16.5. The average molecular weight is 450 g/mol. The maximum atomic E-state index is 12.9. The first kappa shape index (κ1) is 19.1. The van der Waals surface area contributed by atoms with Crippen molar-refractivity contribution in [3.8, 4) is 5.75 Å². The summed E-state index contributed by atoms with van der Waals surface area (Å²) in [6.07, 6.45) is 1.62. The highest BCUT2D eigenvalue weighted by molar-refractivity contribution is 9.10. The summed E-state index contributed by atoms with van der Waals surface area (Å²) < 4.78 is 6.08. The number of halogens is 2. The Bertz CT molecular complexity index is 987. The van der Waals surface area contributed by atoms with E-state index < -0.39 is 12.6 Å². The third kappa shape index (κ3) is 4.20. The summed E-state index contributed by atoms with van der Waals surface area (Å²) in [5.74, 6) is -1.06. The molecule has 0 aromatic heterocycles. The third-order valence-corrected chi connectivity index (χ3v) is 4.58. The molecule has 6 nitrogen and oxygen atoms in total. The quantitative estimate of drug-likeness (QED) is 0.687. The van der Waals surface area contributed by atoms with Crippen molar-refractivity contribution in [2.75, 3.05) is 11.6 Å². The lowest BCUT2D eigenvalue weighted by Gasteiger charge is -2.13. The molecule has 0 unspecified atom stereocenters. The van der Waals surface area contributed by atoms with E-state index >= 15 is 0 Å². The van der Waals surface area contributed by atoms with Crippen molar-refractivity contribution in [3.05, 3.63) is 63.1 Å². The topological polar surface area (TPSA) is 79.2 Å². The number of carboxylic acid groups (broad SMARTS) is 1. The Morgan fingerprint density at radius 3 is 2.78 bits per heavy atom. The van der Waals surface area contributed by atoms with Crippen LogP contribution in [0.4, 0.5) is 5.69 Å². The normalized spacial score (nSPS) is 15.2. The second-order valence-corrected chi connectivity index (χ2v) is 7.00. The second-order valence-electron chi connectivity index (χ2n) is 5.68. The summed E-state index contributed by atoms with van der Waals surface area (Å²) in [4.78, 5) is 23.7. The molecule has 0 atom stereocenters. The van der Waals surface area contributed by atoms with Gasteiger partial charge in [0.1, 0.15) is 5.75 Å². The van der Waals surface area contributed by atoms with Crippen LogP contribution < -0.4 is 9.75 Å².